The highest BCUT2D eigenvalue weighted by Gasteiger charge is 2.14. The first-order valence-electron chi connectivity index (χ1n) is 7.54. The van der Waals surface area contributed by atoms with Gasteiger partial charge in [0.05, 0.1) is 11.4 Å². The van der Waals surface area contributed by atoms with Gasteiger partial charge >= 0.3 is 0 Å². The molecule has 4 aromatic rings. The van der Waals surface area contributed by atoms with Crippen LogP contribution in [0.2, 0.25) is 0 Å². The Kier molecular flexibility index (Phi) is 3.45. The molecule has 3 nitrogen and oxygen atoms in total. The Labute approximate surface area is 134 Å². The molecule has 4 rings (SSSR count). The molecule has 0 saturated carbocycles. The Balaban J connectivity index is 1.91. The number of pyridine rings is 1. The Bertz CT molecular complexity index is 841. The third-order valence-corrected chi connectivity index (χ3v) is 3.73. The van der Waals surface area contributed by atoms with Crippen molar-refractivity contribution in [1.29, 1.82) is 0 Å². The molecule has 2 heterocycles. The van der Waals surface area contributed by atoms with Gasteiger partial charge in [-0.25, -0.2) is 4.68 Å². The summed E-state index contributed by atoms with van der Waals surface area (Å²) < 4.78 is 1.91. The van der Waals surface area contributed by atoms with E-state index in [1.807, 2.05) is 71.4 Å². The highest BCUT2D eigenvalue weighted by Crippen LogP contribution is 2.30. The normalized spacial score (nSPS) is 10.6. The third-order valence-electron chi connectivity index (χ3n) is 3.73. The Morgan fingerprint density at radius 1 is 0.696 bits per heavy atom. The molecule has 2 aromatic carbocycles. The Hall–Kier alpha value is -3.20. The van der Waals surface area contributed by atoms with Crippen molar-refractivity contribution in [2.45, 2.75) is 0 Å². The van der Waals surface area contributed by atoms with Crippen molar-refractivity contribution < 1.29 is 0 Å². The zero-order valence-corrected chi connectivity index (χ0v) is 12.5. The van der Waals surface area contributed by atoms with Crippen LogP contribution in [0.3, 0.4) is 0 Å². The molecule has 110 valence electrons. The van der Waals surface area contributed by atoms with Gasteiger partial charge in [-0.2, -0.15) is 5.10 Å². The molecular weight excluding hydrogens is 282 g/mol. The molecule has 0 saturated heterocycles. The minimum absolute atomic E-state index is 0.876. The summed E-state index contributed by atoms with van der Waals surface area (Å²) in [5.74, 6) is 0. The van der Waals surface area contributed by atoms with E-state index in [9.17, 15) is 0 Å². The second kappa shape index (κ2) is 5.89. The van der Waals surface area contributed by atoms with Crippen LogP contribution in [0.5, 0.6) is 0 Å². The molecule has 0 bridgehead atoms. The average molecular weight is 297 g/mol. The molecule has 0 aliphatic rings. The maximum Gasteiger partial charge on any atom is 0.119 e. The molecule has 0 spiro atoms. The number of rotatable bonds is 3. The van der Waals surface area contributed by atoms with Gasteiger partial charge in [0, 0.05) is 18.0 Å². The average Bonchev–Trinajstić information content (AvgIpc) is 3.09. The summed E-state index contributed by atoms with van der Waals surface area (Å²) >= 11 is 0. The molecule has 3 heteroatoms. The minimum Gasteiger partial charge on any atom is -0.255 e. The second-order valence-electron chi connectivity index (χ2n) is 5.25. The molecule has 0 atom stereocenters. The lowest BCUT2D eigenvalue weighted by atomic mass is 10.0. The molecule has 0 fully saturated rings. The topological polar surface area (TPSA) is 30.7 Å². The smallest absolute Gasteiger partial charge is 0.119 e. The van der Waals surface area contributed by atoms with Crippen LogP contribution in [-0.2, 0) is 0 Å². The van der Waals surface area contributed by atoms with Crippen LogP contribution in [0, 0.1) is 0 Å². The van der Waals surface area contributed by atoms with Crippen molar-refractivity contribution in [1.82, 2.24) is 14.8 Å². The van der Waals surface area contributed by atoms with Crippen molar-refractivity contribution in [2.24, 2.45) is 0 Å². The van der Waals surface area contributed by atoms with Gasteiger partial charge in [-0.15, -0.1) is 0 Å². The van der Waals surface area contributed by atoms with Crippen molar-refractivity contribution in [2.75, 3.05) is 0 Å². The summed E-state index contributed by atoms with van der Waals surface area (Å²) in [6.07, 6.45) is 3.86. The van der Waals surface area contributed by atoms with Crippen LogP contribution in [0.1, 0.15) is 0 Å². The van der Waals surface area contributed by atoms with Gasteiger partial charge < -0.3 is 0 Å². The van der Waals surface area contributed by atoms with Gasteiger partial charge in [-0.1, -0.05) is 54.6 Å². The number of para-hydroxylation sites is 1. The Morgan fingerprint density at radius 2 is 1.39 bits per heavy atom. The second-order valence-corrected chi connectivity index (χ2v) is 5.25. The standard InChI is InChI=1S/C20H15N3/c1-3-9-16(10-4-1)18-15-23(17-11-5-2-6-12-17)22-20(18)19-13-7-8-14-21-19/h1-15H. The zero-order valence-electron chi connectivity index (χ0n) is 12.5. The SMILES string of the molecule is c1ccc(-c2cn(-c3ccccc3)nc2-c2ccccn2)cc1. The van der Waals surface area contributed by atoms with Gasteiger partial charge in [0.2, 0.25) is 0 Å². The predicted molar refractivity (Wildman–Crippen MR) is 92.2 cm³/mol. The molecule has 0 unspecified atom stereocenters. The van der Waals surface area contributed by atoms with E-state index in [-0.39, 0.29) is 0 Å². The fraction of sp³-hybridized carbons (Fsp3) is 0. The lowest BCUT2D eigenvalue weighted by Crippen LogP contribution is -1.94. The zero-order chi connectivity index (χ0) is 15.5. The number of hydrogen-bond acceptors (Lipinski definition) is 2. The van der Waals surface area contributed by atoms with E-state index in [0.717, 1.165) is 28.2 Å². The molecule has 2 aromatic heterocycles. The highest BCUT2D eigenvalue weighted by molar-refractivity contribution is 5.79. The van der Waals surface area contributed by atoms with E-state index in [1.54, 1.807) is 6.20 Å². The van der Waals surface area contributed by atoms with E-state index in [0.29, 0.717) is 0 Å². The van der Waals surface area contributed by atoms with Crippen LogP contribution in [-0.4, -0.2) is 14.8 Å². The molecule has 0 aliphatic heterocycles. The molecule has 0 radical (unpaired) electrons. The van der Waals surface area contributed by atoms with Crippen LogP contribution in [0.25, 0.3) is 28.2 Å². The number of hydrogen-bond donors (Lipinski definition) is 0. The number of benzene rings is 2. The van der Waals surface area contributed by atoms with Crippen LogP contribution < -0.4 is 0 Å². The van der Waals surface area contributed by atoms with Gasteiger partial charge in [0.25, 0.3) is 0 Å². The number of aromatic nitrogens is 3. The number of nitrogens with zero attached hydrogens (tertiary/aromatic N) is 3. The molecule has 0 N–H and O–H groups in total. The summed E-state index contributed by atoms with van der Waals surface area (Å²) in [6.45, 7) is 0. The van der Waals surface area contributed by atoms with Crippen LogP contribution in [0.4, 0.5) is 0 Å². The van der Waals surface area contributed by atoms with E-state index in [4.69, 9.17) is 5.10 Å². The lowest BCUT2D eigenvalue weighted by molar-refractivity contribution is 0.882. The largest absolute Gasteiger partial charge is 0.255 e. The summed E-state index contributed by atoms with van der Waals surface area (Å²) in [5, 5.41) is 4.78. The van der Waals surface area contributed by atoms with Crippen molar-refractivity contribution in [3.05, 3.63) is 91.3 Å². The first kappa shape index (κ1) is 13.5. The quantitative estimate of drug-likeness (QED) is 0.553. The first-order chi connectivity index (χ1) is 11.4. The van der Waals surface area contributed by atoms with Crippen LogP contribution >= 0.6 is 0 Å². The highest BCUT2D eigenvalue weighted by atomic mass is 15.3. The lowest BCUT2D eigenvalue weighted by Gasteiger charge is -2.01. The fourth-order valence-electron chi connectivity index (χ4n) is 2.61. The van der Waals surface area contributed by atoms with Crippen LogP contribution in [0.15, 0.2) is 91.3 Å². The maximum atomic E-state index is 4.78. The van der Waals surface area contributed by atoms with Gasteiger partial charge in [-0.05, 0) is 29.8 Å². The fourth-order valence-corrected chi connectivity index (χ4v) is 2.61. The van der Waals surface area contributed by atoms with Gasteiger partial charge in [0.1, 0.15) is 5.69 Å². The Morgan fingerprint density at radius 3 is 2.09 bits per heavy atom. The monoisotopic (exact) mass is 297 g/mol. The molecule has 23 heavy (non-hydrogen) atoms. The summed E-state index contributed by atoms with van der Waals surface area (Å²) in [7, 11) is 0. The van der Waals surface area contributed by atoms with E-state index in [1.165, 1.54) is 0 Å². The predicted octanol–water partition coefficient (Wildman–Crippen LogP) is 4.60. The first-order valence-corrected chi connectivity index (χ1v) is 7.54. The minimum atomic E-state index is 0.876. The molecule has 0 amide bonds. The summed E-state index contributed by atoms with van der Waals surface area (Å²) in [5.41, 5.74) is 5.01. The van der Waals surface area contributed by atoms with Crippen molar-refractivity contribution in [3.8, 4) is 28.2 Å². The van der Waals surface area contributed by atoms with E-state index in [2.05, 4.69) is 23.3 Å². The van der Waals surface area contributed by atoms with Gasteiger partial charge in [0.15, 0.2) is 0 Å². The summed E-state index contributed by atoms with van der Waals surface area (Å²) in [6, 6.07) is 26.3. The van der Waals surface area contributed by atoms with Gasteiger partial charge in [-0.3, -0.25) is 4.98 Å². The summed E-state index contributed by atoms with van der Waals surface area (Å²) in [4.78, 5) is 4.47. The molecule has 0 aliphatic carbocycles. The molecular formula is C20H15N3. The maximum absolute atomic E-state index is 4.78. The van der Waals surface area contributed by atoms with E-state index >= 15 is 0 Å². The van der Waals surface area contributed by atoms with Crippen molar-refractivity contribution >= 4 is 0 Å². The van der Waals surface area contributed by atoms with E-state index < -0.39 is 0 Å². The third kappa shape index (κ3) is 2.64. The van der Waals surface area contributed by atoms with Crippen molar-refractivity contribution in [3.63, 3.8) is 0 Å².